The minimum atomic E-state index is -0.573. The lowest BCUT2D eigenvalue weighted by Gasteiger charge is -2.14. The zero-order chi connectivity index (χ0) is 13.7. The number of nitrogens with one attached hydrogen (secondary N) is 1. The summed E-state index contributed by atoms with van der Waals surface area (Å²) in [5.41, 5.74) is 0.836. The van der Waals surface area contributed by atoms with Crippen LogP contribution < -0.4 is 5.32 Å². The van der Waals surface area contributed by atoms with Crippen LogP contribution in [0.3, 0.4) is 0 Å². The van der Waals surface area contributed by atoms with Gasteiger partial charge in [-0.2, -0.15) is 0 Å². The molecule has 0 aromatic heterocycles. The molecule has 0 saturated heterocycles. The van der Waals surface area contributed by atoms with E-state index >= 15 is 0 Å². The van der Waals surface area contributed by atoms with Crippen molar-refractivity contribution in [3.63, 3.8) is 0 Å². The molecule has 6 heteroatoms. The number of benzene rings is 1. The number of methoxy groups -OCH3 is 1. The molecule has 0 amide bonds. The van der Waals surface area contributed by atoms with E-state index in [1.165, 1.54) is 7.11 Å². The Morgan fingerprint density at radius 3 is 2.65 bits per heavy atom. The van der Waals surface area contributed by atoms with Gasteiger partial charge in [0.25, 0.3) is 0 Å². The standard InChI is InChI=1S/C11H13Br2NO3/c1-14-9(11(16)17-2)5-6-3-7(12)10(15)8(13)4-6/h3-4,9,14-15H,5H2,1-2H3/t9-/m0/s1/i1D. The molecule has 0 heterocycles. The Hall–Kier alpha value is -0.590. The second-order valence-corrected chi connectivity index (χ2v) is 5.10. The largest absolute Gasteiger partial charge is 0.506 e. The lowest BCUT2D eigenvalue weighted by molar-refractivity contribution is -0.142. The number of hydrogen-bond acceptors (Lipinski definition) is 4. The number of hydrogen-bond donors (Lipinski definition) is 2. The van der Waals surface area contributed by atoms with E-state index in [-0.39, 0.29) is 12.8 Å². The van der Waals surface area contributed by atoms with E-state index in [9.17, 15) is 9.90 Å². The molecule has 0 fully saturated rings. The van der Waals surface area contributed by atoms with Gasteiger partial charge in [-0.1, -0.05) is 0 Å². The van der Waals surface area contributed by atoms with Gasteiger partial charge in [-0.15, -0.1) is 0 Å². The van der Waals surface area contributed by atoms with Crippen LogP contribution in [0.2, 0.25) is 0 Å². The van der Waals surface area contributed by atoms with Crippen LogP contribution in [-0.2, 0) is 16.0 Å². The summed E-state index contributed by atoms with van der Waals surface area (Å²) in [5.74, 6) is -0.301. The summed E-state index contributed by atoms with van der Waals surface area (Å²) in [4.78, 5) is 11.5. The van der Waals surface area contributed by atoms with Crippen LogP contribution in [0.15, 0.2) is 21.1 Å². The molecule has 0 aliphatic rings. The highest BCUT2D eigenvalue weighted by atomic mass is 79.9. The average Bonchev–Trinajstić information content (AvgIpc) is 2.34. The molecule has 1 rings (SSSR count). The van der Waals surface area contributed by atoms with Gasteiger partial charge in [-0.3, -0.25) is 4.79 Å². The third-order valence-corrected chi connectivity index (χ3v) is 3.46. The van der Waals surface area contributed by atoms with Gasteiger partial charge in [0.05, 0.1) is 16.1 Å². The summed E-state index contributed by atoms with van der Waals surface area (Å²) < 4.78 is 12.9. The van der Waals surface area contributed by atoms with Gasteiger partial charge in [0.15, 0.2) is 0 Å². The molecule has 1 aromatic rings. The zero-order valence-corrected chi connectivity index (χ0v) is 12.3. The lowest BCUT2D eigenvalue weighted by atomic mass is 10.1. The number of ether oxygens (including phenoxy) is 1. The molecular weight excluding hydrogens is 354 g/mol. The van der Waals surface area contributed by atoms with Crippen molar-refractivity contribution in [2.75, 3.05) is 14.1 Å². The van der Waals surface area contributed by atoms with Crippen LogP contribution in [0, 0.1) is 0 Å². The second-order valence-electron chi connectivity index (χ2n) is 3.39. The van der Waals surface area contributed by atoms with Crippen molar-refractivity contribution in [3.05, 3.63) is 26.6 Å². The quantitative estimate of drug-likeness (QED) is 0.801. The van der Waals surface area contributed by atoms with Gasteiger partial charge in [0.2, 0.25) is 0 Å². The predicted octanol–water partition coefficient (Wildman–Crippen LogP) is 2.22. The molecule has 0 aliphatic heterocycles. The average molecular weight is 368 g/mol. The van der Waals surface area contributed by atoms with Crippen LogP contribution in [-0.4, -0.2) is 31.3 Å². The Morgan fingerprint density at radius 1 is 1.59 bits per heavy atom. The maximum Gasteiger partial charge on any atom is 0.323 e. The van der Waals surface area contributed by atoms with Gasteiger partial charge in [0, 0.05) is 1.37 Å². The van der Waals surface area contributed by atoms with E-state index in [0.29, 0.717) is 15.4 Å². The van der Waals surface area contributed by atoms with Crippen LogP contribution in [0.1, 0.15) is 6.93 Å². The van der Waals surface area contributed by atoms with Gasteiger partial charge in [-0.05, 0) is 63.0 Å². The summed E-state index contributed by atoms with van der Waals surface area (Å²) >= 11 is 6.45. The van der Waals surface area contributed by atoms with Gasteiger partial charge in [0.1, 0.15) is 11.8 Å². The molecule has 0 aliphatic carbocycles. The highest BCUT2D eigenvalue weighted by molar-refractivity contribution is 9.11. The van der Waals surface area contributed by atoms with E-state index in [4.69, 9.17) is 1.37 Å². The molecule has 1 atom stereocenters. The maximum absolute atomic E-state index is 11.5. The van der Waals surface area contributed by atoms with Crippen molar-refractivity contribution in [2.24, 2.45) is 0 Å². The minimum Gasteiger partial charge on any atom is -0.506 e. The van der Waals surface area contributed by atoms with Crippen molar-refractivity contribution in [3.8, 4) is 5.75 Å². The molecular formula is C11H13Br2NO3. The fourth-order valence-corrected chi connectivity index (χ4v) is 2.63. The number of carbonyl (C=O) groups is 1. The van der Waals surface area contributed by atoms with E-state index in [2.05, 4.69) is 41.9 Å². The lowest BCUT2D eigenvalue weighted by Crippen LogP contribution is -2.36. The number of carbonyl (C=O) groups excluding carboxylic acids is 1. The first-order valence-electron chi connectivity index (χ1n) is 5.47. The number of rotatable bonds is 4. The molecule has 94 valence electrons. The van der Waals surface area contributed by atoms with Crippen molar-refractivity contribution in [1.29, 1.82) is 0 Å². The Kier molecular flexibility index (Phi) is 4.82. The predicted molar refractivity (Wildman–Crippen MR) is 72.1 cm³/mol. The van der Waals surface area contributed by atoms with E-state index in [0.717, 1.165) is 5.56 Å². The molecule has 0 saturated carbocycles. The zero-order valence-electron chi connectivity index (χ0n) is 10.2. The molecule has 0 radical (unpaired) electrons. The fraction of sp³-hybridized carbons (Fsp3) is 0.364. The first-order chi connectivity index (χ1) is 8.49. The van der Waals surface area contributed by atoms with Gasteiger partial charge in [-0.25, -0.2) is 0 Å². The molecule has 2 N–H and O–H groups in total. The van der Waals surface area contributed by atoms with E-state index in [1.807, 2.05) is 0 Å². The van der Waals surface area contributed by atoms with Crippen LogP contribution in [0.4, 0.5) is 0 Å². The Balaban J connectivity index is 2.90. The summed E-state index contributed by atoms with van der Waals surface area (Å²) in [7, 11) is 1.24. The molecule has 0 bridgehead atoms. The first-order valence-corrected chi connectivity index (χ1v) is 6.35. The van der Waals surface area contributed by atoms with E-state index < -0.39 is 12.0 Å². The number of phenols is 1. The number of phenolic OH excluding ortho intramolecular Hbond substituents is 1. The number of halogens is 2. The fourth-order valence-electron chi connectivity index (χ4n) is 1.35. The van der Waals surface area contributed by atoms with Crippen LogP contribution in [0.25, 0.3) is 0 Å². The second kappa shape index (κ2) is 6.37. The molecule has 0 spiro atoms. The Morgan fingerprint density at radius 2 is 2.18 bits per heavy atom. The summed E-state index contributed by atoms with van der Waals surface area (Å²) in [6.45, 7) is 0. The molecule has 1 aromatic carbocycles. The van der Waals surface area contributed by atoms with E-state index in [1.54, 1.807) is 12.1 Å². The highest BCUT2D eigenvalue weighted by Gasteiger charge is 2.18. The van der Waals surface area contributed by atoms with Crippen LogP contribution in [0.5, 0.6) is 5.75 Å². The van der Waals surface area contributed by atoms with Gasteiger partial charge >= 0.3 is 5.97 Å². The monoisotopic (exact) mass is 366 g/mol. The molecule has 0 unspecified atom stereocenters. The van der Waals surface area contributed by atoms with Crippen molar-refractivity contribution < 1.29 is 16.0 Å². The van der Waals surface area contributed by atoms with Crippen molar-refractivity contribution in [2.45, 2.75) is 12.5 Å². The molecule has 4 nitrogen and oxygen atoms in total. The van der Waals surface area contributed by atoms with Crippen molar-refractivity contribution >= 4 is 37.8 Å². The summed E-state index contributed by atoms with van der Waals surface area (Å²) in [6.07, 6.45) is 0.378. The third kappa shape index (κ3) is 3.69. The van der Waals surface area contributed by atoms with Crippen LogP contribution >= 0.6 is 31.9 Å². The smallest absolute Gasteiger partial charge is 0.323 e. The normalized spacial score (nSPS) is 13.0. The first kappa shape index (κ1) is 12.9. The SMILES string of the molecule is [2H]CN[C@@H](Cc1cc(Br)c(O)c(Br)c1)C(=O)OC. The maximum atomic E-state index is 11.5. The Bertz CT molecular complexity index is 419. The minimum absolute atomic E-state index is 0.0693. The third-order valence-electron chi connectivity index (χ3n) is 2.25. The summed E-state index contributed by atoms with van der Waals surface area (Å²) in [6, 6.07) is 2.87. The number of esters is 1. The highest BCUT2D eigenvalue weighted by Crippen LogP contribution is 2.33. The molecule has 17 heavy (non-hydrogen) atoms. The Labute approximate surface area is 118 Å². The number of aromatic hydroxyl groups is 1. The summed E-state index contributed by atoms with van der Waals surface area (Å²) in [5, 5.41) is 12.3. The van der Waals surface area contributed by atoms with Gasteiger partial charge < -0.3 is 15.2 Å². The van der Waals surface area contributed by atoms with Crippen molar-refractivity contribution in [1.82, 2.24) is 5.32 Å². The topological polar surface area (TPSA) is 58.6 Å². The number of likely N-dealkylation sites (N-methyl/N-ethyl adjacent to an activating group) is 1.